The van der Waals surface area contributed by atoms with Crippen molar-refractivity contribution in [1.82, 2.24) is 4.90 Å². The van der Waals surface area contributed by atoms with Gasteiger partial charge in [0.2, 0.25) is 0 Å². The van der Waals surface area contributed by atoms with Crippen LogP contribution in [-0.4, -0.2) is 51.2 Å². The number of alkyl halides is 1. The molecule has 0 saturated heterocycles. The Kier molecular flexibility index (Phi) is 8.63. The molecule has 0 aliphatic heterocycles. The average molecular weight is 286 g/mol. The highest BCUT2D eigenvalue weighted by Gasteiger charge is 1.97. The standard InChI is InChI=1S/C15H24ClNO2/c1-17(2)10-3-4-14-5-7-15(8-6-14)19-13-12-18-11-9-16/h5-8H,3-4,9-13H2,1-2H3. The molecule has 108 valence electrons. The molecule has 0 fully saturated rings. The lowest BCUT2D eigenvalue weighted by atomic mass is 10.1. The Hall–Kier alpha value is -0.770. The third-order valence-corrected chi connectivity index (χ3v) is 2.87. The van der Waals surface area contributed by atoms with Gasteiger partial charge in [-0.2, -0.15) is 0 Å². The smallest absolute Gasteiger partial charge is 0.119 e. The summed E-state index contributed by atoms with van der Waals surface area (Å²) in [7, 11) is 4.20. The summed E-state index contributed by atoms with van der Waals surface area (Å²) in [6, 6.07) is 8.30. The van der Waals surface area contributed by atoms with E-state index in [1.54, 1.807) is 0 Å². The minimum absolute atomic E-state index is 0.529. The number of benzene rings is 1. The van der Waals surface area contributed by atoms with Crippen LogP contribution in [0.15, 0.2) is 24.3 Å². The van der Waals surface area contributed by atoms with Crippen LogP contribution in [0.4, 0.5) is 0 Å². The molecule has 0 bridgehead atoms. The normalized spacial score (nSPS) is 10.9. The van der Waals surface area contributed by atoms with Gasteiger partial charge in [-0.3, -0.25) is 0 Å². The van der Waals surface area contributed by atoms with E-state index in [0.717, 1.165) is 18.7 Å². The van der Waals surface area contributed by atoms with Crippen LogP contribution in [-0.2, 0) is 11.2 Å². The number of hydrogen-bond donors (Lipinski definition) is 0. The van der Waals surface area contributed by atoms with Crippen LogP contribution in [0.1, 0.15) is 12.0 Å². The molecule has 1 aromatic carbocycles. The Bertz CT molecular complexity index is 327. The molecular weight excluding hydrogens is 262 g/mol. The molecule has 0 heterocycles. The molecule has 0 radical (unpaired) electrons. The molecule has 0 saturated carbocycles. The topological polar surface area (TPSA) is 21.7 Å². The lowest BCUT2D eigenvalue weighted by molar-refractivity contribution is 0.111. The van der Waals surface area contributed by atoms with Crippen LogP contribution in [0.25, 0.3) is 0 Å². The van der Waals surface area contributed by atoms with Gasteiger partial charge < -0.3 is 14.4 Å². The summed E-state index contributed by atoms with van der Waals surface area (Å²) in [4.78, 5) is 2.21. The maximum absolute atomic E-state index is 5.57. The van der Waals surface area contributed by atoms with E-state index >= 15 is 0 Å². The first-order valence-electron chi connectivity index (χ1n) is 6.72. The van der Waals surface area contributed by atoms with Crippen molar-refractivity contribution < 1.29 is 9.47 Å². The third-order valence-electron chi connectivity index (χ3n) is 2.71. The van der Waals surface area contributed by atoms with Gasteiger partial charge in [-0.25, -0.2) is 0 Å². The molecular formula is C15H24ClNO2. The molecule has 4 heteroatoms. The number of hydrogen-bond acceptors (Lipinski definition) is 3. The van der Waals surface area contributed by atoms with Crippen molar-refractivity contribution in [1.29, 1.82) is 0 Å². The maximum atomic E-state index is 5.57. The van der Waals surface area contributed by atoms with E-state index in [1.807, 2.05) is 12.1 Å². The SMILES string of the molecule is CN(C)CCCc1ccc(OCCOCCCl)cc1. The van der Waals surface area contributed by atoms with Crippen molar-refractivity contribution in [2.45, 2.75) is 12.8 Å². The van der Waals surface area contributed by atoms with Gasteiger partial charge in [-0.15, -0.1) is 11.6 Å². The molecule has 0 spiro atoms. The highest BCUT2D eigenvalue weighted by atomic mass is 35.5. The van der Waals surface area contributed by atoms with Crippen molar-refractivity contribution in [3.05, 3.63) is 29.8 Å². The van der Waals surface area contributed by atoms with Crippen LogP contribution in [0.2, 0.25) is 0 Å². The van der Waals surface area contributed by atoms with E-state index in [9.17, 15) is 0 Å². The summed E-state index contributed by atoms with van der Waals surface area (Å²) < 4.78 is 10.8. The van der Waals surface area contributed by atoms with E-state index < -0.39 is 0 Å². The molecule has 19 heavy (non-hydrogen) atoms. The van der Waals surface area contributed by atoms with Crippen molar-refractivity contribution in [3.63, 3.8) is 0 Å². The van der Waals surface area contributed by atoms with Crippen LogP contribution in [0.5, 0.6) is 5.75 Å². The van der Waals surface area contributed by atoms with Gasteiger partial charge in [0.25, 0.3) is 0 Å². The number of halogens is 1. The Balaban J connectivity index is 2.19. The fourth-order valence-electron chi connectivity index (χ4n) is 1.73. The average Bonchev–Trinajstić information content (AvgIpc) is 2.40. The van der Waals surface area contributed by atoms with Crippen molar-refractivity contribution in [3.8, 4) is 5.75 Å². The van der Waals surface area contributed by atoms with E-state index in [0.29, 0.717) is 25.7 Å². The van der Waals surface area contributed by atoms with E-state index in [4.69, 9.17) is 21.1 Å². The third kappa shape index (κ3) is 8.09. The Morgan fingerprint density at radius 2 is 1.79 bits per heavy atom. The highest BCUT2D eigenvalue weighted by molar-refractivity contribution is 6.17. The summed E-state index contributed by atoms with van der Waals surface area (Å²) in [5.74, 6) is 1.42. The van der Waals surface area contributed by atoms with Gasteiger partial charge in [-0.05, 0) is 51.2 Å². The Morgan fingerprint density at radius 3 is 2.42 bits per heavy atom. The number of nitrogens with zero attached hydrogens (tertiary/aromatic N) is 1. The van der Waals surface area contributed by atoms with Gasteiger partial charge in [0, 0.05) is 5.88 Å². The van der Waals surface area contributed by atoms with Crippen molar-refractivity contribution in [2.75, 3.05) is 46.3 Å². The fourth-order valence-corrected chi connectivity index (χ4v) is 1.84. The summed E-state index contributed by atoms with van der Waals surface area (Å²) in [6.07, 6.45) is 2.29. The van der Waals surface area contributed by atoms with E-state index in [2.05, 4.69) is 31.1 Å². The number of aryl methyl sites for hydroxylation is 1. The van der Waals surface area contributed by atoms with Crippen LogP contribution in [0.3, 0.4) is 0 Å². The zero-order valence-electron chi connectivity index (χ0n) is 11.9. The molecule has 0 amide bonds. The van der Waals surface area contributed by atoms with Crippen LogP contribution >= 0.6 is 11.6 Å². The lowest BCUT2D eigenvalue weighted by Crippen LogP contribution is -2.13. The van der Waals surface area contributed by atoms with Crippen molar-refractivity contribution in [2.24, 2.45) is 0 Å². The maximum Gasteiger partial charge on any atom is 0.119 e. The fraction of sp³-hybridized carbons (Fsp3) is 0.600. The zero-order chi connectivity index (χ0) is 13.9. The predicted molar refractivity (Wildman–Crippen MR) is 80.4 cm³/mol. The minimum atomic E-state index is 0.529. The first kappa shape index (κ1) is 16.3. The number of rotatable bonds is 10. The second kappa shape index (κ2) is 10.1. The molecule has 0 unspecified atom stereocenters. The monoisotopic (exact) mass is 285 g/mol. The first-order valence-corrected chi connectivity index (χ1v) is 7.26. The second-order valence-corrected chi connectivity index (χ2v) is 5.08. The molecule has 0 atom stereocenters. The summed E-state index contributed by atoms with van der Waals surface area (Å²) in [5.41, 5.74) is 1.35. The van der Waals surface area contributed by atoms with Crippen molar-refractivity contribution >= 4 is 11.6 Å². The number of ether oxygens (including phenoxy) is 2. The summed E-state index contributed by atoms with van der Waals surface area (Å²) in [5, 5.41) is 0. The van der Waals surface area contributed by atoms with Gasteiger partial charge >= 0.3 is 0 Å². The predicted octanol–water partition coefficient (Wildman–Crippen LogP) is 2.82. The highest BCUT2D eigenvalue weighted by Crippen LogP contribution is 2.13. The van der Waals surface area contributed by atoms with Gasteiger partial charge in [-0.1, -0.05) is 12.1 Å². The quantitative estimate of drug-likeness (QED) is 0.487. The summed E-state index contributed by atoms with van der Waals surface area (Å²) >= 11 is 5.51. The minimum Gasteiger partial charge on any atom is -0.491 e. The largest absolute Gasteiger partial charge is 0.491 e. The first-order chi connectivity index (χ1) is 9.22. The molecule has 1 aromatic rings. The van der Waals surface area contributed by atoms with Crippen LogP contribution < -0.4 is 4.74 Å². The van der Waals surface area contributed by atoms with Crippen LogP contribution in [0, 0.1) is 0 Å². The Morgan fingerprint density at radius 1 is 1.05 bits per heavy atom. The lowest BCUT2D eigenvalue weighted by Gasteiger charge is -2.10. The molecule has 1 rings (SSSR count). The van der Waals surface area contributed by atoms with Gasteiger partial charge in [0.1, 0.15) is 12.4 Å². The van der Waals surface area contributed by atoms with E-state index in [1.165, 1.54) is 12.0 Å². The zero-order valence-corrected chi connectivity index (χ0v) is 12.7. The van der Waals surface area contributed by atoms with E-state index in [-0.39, 0.29) is 0 Å². The molecule has 0 aliphatic rings. The molecule has 0 aliphatic carbocycles. The second-order valence-electron chi connectivity index (χ2n) is 4.70. The molecule has 3 nitrogen and oxygen atoms in total. The van der Waals surface area contributed by atoms with Gasteiger partial charge in [0.05, 0.1) is 13.2 Å². The summed E-state index contributed by atoms with van der Waals surface area (Å²) in [6.45, 7) is 2.85. The Labute approximate surface area is 121 Å². The molecule has 0 N–H and O–H groups in total. The van der Waals surface area contributed by atoms with Gasteiger partial charge in [0.15, 0.2) is 0 Å². The molecule has 0 aromatic heterocycles.